The van der Waals surface area contributed by atoms with E-state index < -0.39 is 5.97 Å². The maximum absolute atomic E-state index is 11.0. The summed E-state index contributed by atoms with van der Waals surface area (Å²) in [7, 11) is 0. The molecule has 0 aliphatic rings. The third-order valence-corrected chi connectivity index (χ3v) is 3.95. The molecule has 4 heteroatoms. The minimum absolute atomic E-state index is 0.446. The molecule has 1 rings (SSSR count). The number of rotatable bonds is 7. The number of aryl methyl sites for hydroxylation is 1. The Balaban J connectivity index is 2.80. The van der Waals surface area contributed by atoms with Crippen LogP contribution in [-0.4, -0.2) is 29.1 Å². The molecule has 1 aromatic heterocycles. The van der Waals surface area contributed by atoms with Crippen molar-refractivity contribution in [1.82, 2.24) is 4.90 Å². The van der Waals surface area contributed by atoms with Crippen molar-refractivity contribution >= 4 is 17.3 Å². The molecule has 0 radical (unpaired) electrons. The normalized spacial score (nSPS) is 11.8. The third-order valence-electron chi connectivity index (χ3n) is 2.87. The Labute approximate surface area is 120 Å². The second-order valence-corrected chi connectivity index (χ2v) is 7.24. The summed E-state index contributed by atoms with van der Waals surface area (Å²) in [6, 6.07) is 1.83. The van der Waals surface area contributed by atoms with Gasteiger partial charge in [0.15, 0.2) is 0 Å². The summed E-state index contributed by atoms with van der Waals surface area (Å²) in [5.74, 6) is 0.423. The molecule has 0 saturated heterocycles. The third kappa shape index (κ3) is 5.33. The largest absolute Gasteiger partial charge is 0.477 e. The van der Waals surface area contributed by atoms with Gasteiger partial charge in [-0.25, -0.2) is 4.79 Å². The summed E-state index contributed by atoms with van der Waals surface area (Å²) >= 11 is 1.38. The van der Waals surface area contributed by atoms with Gasteiger partial charge < -0.3 is 5.11 Å². The van der Waals surface area contributed by atoms with Crippen LogP contribution in [-0.2, 0) is 6.54 Å². The van der Waals surface area contributed by atoms with Gasteiger partial charge >= 0.3 is 5.97 Å². The molecule has 1 aromatic rings. The van der Waals surface area contributed by atoms with Gasteiger partial charge in [0.25, 0.3) is 0 Å². The highest BCUT2D eigenvalue weighted by atomic mass is 32.1. The molecule has 19 heavy (non-hydrogen) atoms. The number of hydrogen-bond donors (Lipinski definition) is 1. The molecule has 0 spiro atoms. The lowest BCUT2D eigenvalue weighted by Crippen LogP contribution is -2.31. The highest BCUT2D eigenvalue weighted by Crippen LogP contribution is 2.23. The molecular weight excluding hydrogens is 258 g/mol. The predicted octanol–water partition coefficient (Wildman–Crippen LogP) is 3.87. The van der Waals surface area contributed by atoms with E-state index in [0.29, 0.717) is 16.7 Å². The summed E-state index contributed by atoms with van der Waals surface area (Å²) in [4.78, 5) is 15.0. The first-order valence-corrected chi connectivity index (χ1v) is 7.66. The first kappa shape index (κ1) is 16.2. The Morgan fingerprint density at radius 1 is 1.26 bits per heavy atom. The summed E-state index contributed by atoms with van der Waals surface area (Å²) in [5.41, 5.74) is 1.16. The van der Waals surface area contributed by atoms with E-state index in [0.717, 1.165) is 30.1 Å². The predicted molar refractivity (Wildman–Crippen MR) is 81.0 cm³/mol. The van der Waals surface area contributed by atoms with Crippen molar-refractivity contribution in [3.8, 4) is 0 Å². The molecule has 0 aliphatic carbocycles. The van der Waals surface area contributed by atoms with Gasteiger partial charge in [0.1, 0.15) is 4.88 Å². The molecule has 0 aromatic carbocycles. The van der Waals surface area contributed by atoms with E-state index >= 15 is 0 Å². The molecule has 0 amide bonds. The summed E-state index contributed by atoms with van der Waals surface area (Å²) < 4.78 is 0. The van der Waals surface area contributed by atoms with E-state index in [1.807, 2.05) is 13.0 Å². The zero-order valence-corrected chi connectivity index (χ0v) is 13.4. The Morgan fingerprint density at radius 3 is 2.16 bits per heavy atom. The maximum atomic E-state index is 11.0. The number of aromatic carboxylic acids is 1. The first-order chi connectivity index (χ1) is 8.79. The zero-order valence-electron chi connectivity index (χ0n) is 12.6. The van der Waals surface area contributed by atoms with E-state index in [1.165, 1.54) is 11.3 Å². The molecular formula is C15H25NO2S. The number of carbonyl (C=O) groups is 1. The van der Waals surface area contributed by atoms with Crippen LogP contribution in [0.25, 0.3) is 0 Å². The van der Waals surface area contributed by atoms with E-state index in [9.17, 15) is 4.79 Å². The average Bonchev–Trinajstić information content (AvgIpc) is 2.58. The summed E-state index contributed by atoms with van der Waals surface area (Å²) in [6.07, 6.45) is 0. The molecule has 0 bridgehead atoms. The zero-order chi connectivity index (χ0) is 14.6. The van der Waals surface area contributed by atoms with Gasteiger partial charge in [-0.3, -0.25) is 4.90 Å². The van der Waals surface area contributed by atoms with Crippen LogP contribution in [0.5, 0.6) is 0 Å². The molecule has 0 fully saturated rings. The van der Waals surface area contributed by atoms with Crippen LogP contribution in [0.2, 0.25) is 0 Å². The van der Waals surface area contributed by atoms with Crippen LogP contribution in [0.1, 0.15) is 47.8 Å². The molecule has 3 nitrogen and oxygen atoms in total. The van der Waals surface area contributed by atoms with Crippen molar-refractivity contribution in [2.75, 3.05) is 13.1 Å². The number of thiophene rings is 1. The quantitative estimate of drug-likeness (QED) is 0.826. The Morgan fingerprint density at radius 2 is 1.79 bits per heavy atom. The van der Waals surface area contributed by atoms with E-state index in [4.69, 9.17) is 5.11 Å². The minimum Gasteiger partial charge on any atom is -0.477 e. The van der Waals surface area contributed by atoms with Crippen LogP contribution in [0.4, 0.5) is 0 Å². The van der Waals surface area contributed by atoms with Crippen molar-refractivity contribution in [2.45, 2.75) is 41.2 Å². The minimum atomic E-state index is -0.821. The lowest BCUT2D eigenvalue weighted by molar-refractivity contribution is 0.0702. The van der Waals surface area contributed by atoms with Gasteiger partial charge in [-0.1, -0.05) is 27.7 Å². The van der Waals surface area contributed by atoms with Gasteiger partial charge in [0, 0.05) is 24.5 Å². The van der Waals surface area contributed by atoms with Gasteiger partial charge in [-0.2, -0.15) is 0 Å². The number of carboxylic acids is 1. The van der Waals surface area contributed by atoms with Crippen LogP contribution >= 0.6 is 11.3 Å². The lowest BCUT2D eigenvalue weighted by Gasteiger charge is -2.26. The fourth-order valence-electron chi connectivity index (χ4n) is 2.26. The standard InChI is InChI=1S/C15H25NO2S/c1-10(2)7-16(8-11(3)4)9-13-6-14(15(17)18)19-12(13)5/h6,10-11H,7-9H2,1-5H3,(H,17,18). The van der Waals surface area contributed by atoms with Crippen LogP contribution < -0.4 is 0 Å². The number of carboxylic acid groups (broad SMARTS) is 1. The van der Waals surface area contributed by atoms with Crippen molar-refractivity contribution in [3.05, 3.63) is 21.4 Å². The van der Waals surface area contributed by atoms with Crippen molar-refractivity contribution < 1.29 is 9.90 Å². The second-order valence-electron chi connectivity index (χ2n) is 5.98. The van der Waals surface area contributed by atoms with E-state index in [1.54, 1.807) is 0 Å². The molecule has 1 heterocycles. The van der Waals surface area contributed by atoms with Gasteiger partial charge in [-0.05, 0) is 30.4 Å². The first-order valence-electron chi connectivity index (χ1n) is 6.84. The number of nitrogens with zero attached hydrogens (tertiary/aromatic N) is 1. The molecule has 108 valence electrons. The summed E-state index contributed by atoms with van der Waals surface area (Å²) in [5, 5.41) is 9.04. The Bertz CT molecular complexity index is 414. The molecule has 0 atom stereocenters. The van der Waals surface area contributed by atoms with Crippen molar-refractivity contribution in [3.63, 3.8) is 0 Å². The van der Waals surface area contributed by atoms with Crippen molar-refractivity contribution in [2.24, 2.45) is 11.8 Å². The van der Waals surface area contributed by atoms with Crippen LogP contribution in [0.15, 0.2) is 6.07 Å². The highest BCUT2D eigenvalue weighted by Gasteiger charge is 2.15. The fourth-order valence-corrected chi connectivity index (χ4v) is 3.13. The smallest absolute Gasteiger partial charge is 0.345 e. The summed E-state index contributed by atoms with van der Waals surface area (Å²) in [6.45, 7) is 13.8. The highest BCUT2D eigenvalue weighted by molar-refractivity contribution is 7.14. The fraction of sp³-hybridized carbons (Fsp3) is 0.667. The van der Waals surface area contributed by atoms with Gasteiger partial charge in [0.05, 0.1) is 0 Å². The molecule has 0 unspecified atom stereocenters. The maximum Gasteiger partial charge on any atom is 0.345 e. The average molecular weight is 283 g/mol. The Kier molecular flexibility index (Phi) is 6.01. The molecule has 0 saturated carbocycles. The van der Waals surface area contributed by atoms with E-state index in [2.05, 4.69) is 32.6 Å². The van der Waals surface area contributed by atoms with Crippen molar-refractivity contribution in [1.29, 1.82) is 0 Å². The topological polar surface area (TPSA) is 40.5 Å². The van der Waals surface area contributed by atoms with E-state index in [-0.39, 0.29) is 0 Å². The van der Waals surface area contributed by atoms with Gasteiger partial charge in [-0.15, -0.1) is 11.3 Å². The second kappa shape index (κ2) is 7.06. The lowest BCUT2D eigenvalue weighted by atomic mass is 10.1. The van der Waals surface area contributed by atoms with Gasteiger partial charge in [0.2, 0.25) is 0 Å². The molecule has 1 N–H and O–H groups in total. The van der Waals surface area contributed by atoms with Crippen LogP contribution in [0.3, 0.4) is 0 Å². The monoisotopic (exact) mass is 283 g/mol. The number of hydrogen-bond acceptors (Lipinski definition) is 3. The molecule has 0 aliphatic heterocycles. The van der Waals surface area contributed by atoms with Crippen LogP contribution in [0, 0.1) is 18.8 Å². The SMILES string of the molecule is Cc1sc(C(=O)O)cc1CN(CC(C)C)CC(C)C. The Hall–Kier alpha value is -0.870.